The van der Waals surface area contributed by atoms with Crippen LogP contribution in [-0.2, 0) is 5.41 Å². The summed E-state index contributed by atoms with van der Waals surface area (Å²) in [6.07, 6.45) is 1.72. The van der Waals surface area contributed by atoms with Crippen molar-refractivity contribution >= 4 is 16.5 Å². The van der Waals surface area contributed by atoms with Gasteiger partial charge in [0.2, 0.25) is 0 Å². The van der Waals surface area contributed by atoms with Gasteiger partial charge >= 0.3 is 0 Å². The minimum Gasteiger partial charge on any atom is -0.259 e. The van der Waals surface area contributed by atoms with Crippen molar-refractivity contribution in [2.75, 3.05) is 0 Å². The van der Waals surface area contributed by atoms with E-state index < -0.39 is 5.41 Å². The zero-order valence-corrected chi connectivity index (χ0v) is 26.7. The SMILES string of the molecule is [C-]#[N+]c1ccnc(-c2cccc(-c3cc4c(c5ccccc35)-c3ccc(-c5ccccc5)cc3C4(c3ccccc3)c3ccccc3)c2)c1. The number of hydrogen-bond donors (Lipinski definition) is 0. The molecular weight excluding hydrogens is 593 g/mol. The Morgan fingerprint density at radius 1 is 0.449 bits per heavy atom. The Kier molecular flexibility index (Phi) is 6.78. The van der Waals surface area contributed by atoms with E-state index in [9.17, 15) is 0 Å². The standard InChI is InChI=1S/C47H30N2/c1-48-38-26-27-49-45(30-38)35-17-13-16-34(28-35)42-31-44-46(40-23-12-11-22-39(40)42)41-25-24-33(32-14-5-2-6-15-32)29-43(41)47(44,36-18-7-3-8-19-36)37-20-9-4-10-21-37/h2-31H. The molecule has 0 radical (unpaired) electrons. The summed E-state index contributed by atoms with van der Waals surface area (Å²) in [6.45, 7) is 7.53. The van der Waals surface area contributed by atoms with Gasteiger partial charge in [0.15, 0.2) is 5.69 Å². The van der Waals surface area contributed by atoms with E-state index in [0.29, 0.717) is 5.69 Å². The van der Waals surface area contributed by atoms with Gasteiger partial charge in [-0.15, -0.1) is 0 Å². The van der Waals surface area contributed by atoms with E-state index in [1.54, 1.807) is 12.3 Å². The average molecular weight is 623 g/mol. The first kappa shape index (κ1) is 28.6. The maximum Gasteiger partial charge on any atom is 0.190 e. The zero-order chi connectivity index (χ0) is 32.8. The monoisotopic (exact) mass is 622 g/mol. The molecule has 1 heterocycles. The molecule has 1 aliphatic rings. The lowest BCUT2D eigenvalue weighted by molar-refractivity contribution is 0.769. The predicted molar refractivity (Wildman–Crippen MR) is 202 cm³/mol. The molecule has 0 fully saturated rings. The van der Waals surface area contributed by atoms with Crippen LogP contribution < -0.4 is 0 Å². The molecule has 0 aliphatic heterocycles. The summed E-state index contributed by atoms with van der Waals surface area (Å²) in [6, 6.07) is 63.2. The molecule has 0 saturated carbocycles. The van der Waals surface area contributed by atoms with E-state index in [2.05, 4.69) is 174 Å². The molecule has 2 nitrogen and oxygen atoms in total. The Bertz CT molecular complexity index is 2510. The van der Waals surface area contributed by atoms with Crippen molar-refractivity contribution in [2.45, 2.75) is 5.41 Å². The molecule has 0 amide bonds. The van der Waals surface area contributed by atoms with Crippen molar-refractivity contribution in [1.29, 1.82) is 0 Å². The van der Waals surface area contributed by atoms with Gasteiger partial charge in [-0.1, -0.05) is 146 Å². The minimum atomic E-state index is -0.556. The molecule has 1 aliphatic carbocycles. The number of nitrogens with zero attached hydrogens (tertiary/aromatic N) is 2. The van der Waals surface area contributed by atoms with E-state index in [1.807, 2.05) is 6.07 Å². The van der Waals surface area contributed by atoms with E-state index in [4.69, 9.17) is 6.57 Å². The molecule has 0 spiro atoms. The van der Waals surface area contributed by atoms with Crippen LogP contribution >= 0.6 is 0 Å². The Morgan fingerprint density at radius 2 is 1.08 bits per heavy atom. The van der Waals surface area contributed by atoms with Crippen LogP contribution in [0.1, 0.15) is 22.3 Å². The normalized spacial score (nSPS) is 12.6. The third-order valence-electron chi connectivity index (χ3n) is 10.0. The molecule has 0 saturated heterocycles. The zero-order valence-electron chi connectivity index (χ0n) is 26.7. The molecule has 228 valence electrons. The van der Waals surface area contributed by atoms with Crippen molar-refractivity contribution in [3.05, 3.63) is 216 Å². The van der Waals surface area contributed by atoms with Gasteiger partial charge in [0.1, 0.15) is 0 Å². The highest BCUT2D eigenvalue weighted by molar-refractivity contribution is 6.10. The summed E-state index contributed by atoms with van der Waals surface area (Å²) in [7, 11) is 0. The van der Waals surface area contributed by atoms with Crippen molar-refractivity contribution in [3.8, 4) is 44.6 Å². The number of rotatable bonds is 5. The topological polar surface area (TPSA) is 17.2 Å². The van der Waals surface area contributed by atoms with Gasteiger partial charge in [-0.25, -0.2) is 4.85 Å². The van der Waals surface area contributed by atoms with Gasteiger partial charge in [-0.2, -0.15) is 0 Å². The summed E-state index contributed by atoms with van der Waals surface area (Å²) < 4.78 is 0. The van der Waals surface area contributed by atoms with Crippen LogP contribution in [0.25, 0.3) is 60.3 Å². The molecule has 0 atom stereocenters. The first-order valence-electron chi connectivity index (χ1n) is 16.6. The van der Waals surface area contributed by atoms with E-state index in [1.165, 1.54) is 60.8 Å². The van der Waals surface area contributed by atoms with Crippen LogP contribution in [0.5, 0.6) is 0 Å². The van der Waals surface area contributed by atoms with Gasteiger partial charge < -0.3 is 0 Å². The van der Waals surface area contributed by atoms with Gasteiger partial charge in [-0.05, 0) is 102 Å². The van der Waals surface area contributed by atoms with E-state index in [-0.39, 0.29) is 0 Å². The Labute approximate surface area is 286 Å². The second kappa shape index (κ2) is 11.6. The molecule has 1 aromatic heterocycles. The number of benzene rings is 7. The van der Waals surface area contributed by atoms with Crippen LogP contribution in [0.2, 0.25) is 0 Å². The fourth-order valence-corrected chi connectivity index (χ4v) is 7.89. The largest absolute Gasteiger partial charge is 0.259 e. The number of aromatic nitrogens is 1. The highest BCUT2D eigenvalue weighted by Crippen LogP contribution is 2.59. The van der Waals surface area contributed by atoms with Crippen LogP contribution in [-0.4, -0.2) is 4.98 Å². The summed E-state index contributed by atoms with van der Waals surface area (Å²) in [4.78, 5) is 8.28. The molecule has 49 heavy (non-hydrogen) atoms. The van der Waals surface area contributed by atoms with Gasteiger partial charge in [0, 0.05) is 6.20 Å². The first-order valence-corrected chi connectivity index (χ1v) is 16.6. The fourth-order valence-electron chi connectivity index (χ4n) is 7.89. The molecule has 0 bridgehead atoms. The van der Waals surface area contributed by atoms with Crippen molar-refractivity contribution in [2.24, 2.45) is 0 Å². The van der Waals surface area contributed by atoms with Gasteiger partial charge in [0.05, 0.1) is 17.7 Å². The Morgan fingerprint density at radius 3 is 1.80 bits per heavy atom. The van der Waals surface area contributed by atoms with Crippen LogP contribution in [0.4, 0.5) is 5.69 Å². The predicted octanol–water partition coefficient (Wildman–Crippen LogP) is 12.1. The van der Waals surface area contributed by atoms with Crippen LogP contribution in [0.3, 0.4) is 0 Å². The van der Waals surface area contributed by atoms with Gasteiger partial charge in [-0.3, -0.25) is 4.98 Å². The average Bonchev–Trinajstić information content (AvgIpc) is 3.49. The summed E-state index contributed by atoms with van der Waals surface area (Å²) in [5.41, 5.74) is 14.1. The number of pyridine rings is 1. The van der Waals surface area contributed by atoms with Crippen LogP contribution in [0, 0.1) is 6.57 Å². The van der Waals surface area contributed by atoms with E-state index >= 15 is 0 Å². The summed E-state index contributed by atoms with van der Waals surface area (Å²) in [5, 5.41) is 2.44. The number of hydrogen-bond acceptors (Lipinski definition) is 1. The molecule has 0 N–H and O–H groups in total. The lowest BCUT2D eigenvalue weighted by Crippen LogP contribution is -2.28. The second-order valence-corrected chi connectivity index (χ2v) is 12.6. The lowest BCUT2D eigenvalue weighted by Gasteiger charge is -2.34. The molecule has 7 aromatic carbocycles. The lowest BCUT2D eigenvalue weighted by atomic mass is 9.67. The van der Waals surface area contributed by atoms with E-state index in [0.717, 1.165) is 16.8 Å². The van der Waals surface area contributed by atoms with Crippen molar-refractivity contribution in [1.82, 2.24) is 4.98 Å². The molecular formula is C47H30N2. The molecule has 2 heteroatoms. The number of fused-ring (bicyclic) bond motifs is 5. The summed E-state index contributed by atoms with van der Waals surface area (Å²) in [5.74, 6) is 0. The van der Waals surface area contributed by atoms with Crippen molar-refractivity contribution in [3.63, 3.8) is 0 Å². The fraction of sp³-hybridized carbons (Fsp3) is 0.0213. The Balaban J connectivity index is 1.39. The summed E-state index contributed by atoms with van der Waals surface area (Å²) >= 11 is 0. The molecule has 0 unspecified atom stereocenters. The van der Waals surface area contributed by atoms with Crippen LogP contribution in [0.15, 0.2) is 182 Å². The maximum absolute atomic E-state index is 7.53. The molecule has 9 rings (SSSR count). The Hall–Kier alpha value is -6.56. The first-order chi connectivity index (χ1) is 24.3. The maximum atomic E-state index is 7.53. The molecule has 8 aromatic rings. The third-order valence-corrected chi connectivity index (χ3v) is 10.0. The smallest absolute Gasteiger partial charge is 0.190 e. The highest BCUT2D eigenvalue weighted by Gasteiger charge is 2.47. The van der Waals surface area contributed by atoms with Crippen molar-refractivity contribution < 1.29 is 0 Å². The quantitative estimate of drug-likeness (QED) is 0.175. The van der Waals surface area contributed by atoms with Gasteiger partial charge in [0.25, 0.3) is 0 Å². The minimum absolute atomic E-state index is 0.556. The highest BCUT2D eigenvalue weighted by atomic mass is 14.7. The third kappa shape index (κ3) is 4.52. The second-order valence-electron chi connectivity index (χ2n) is 12.6.